The van der Waals surface area contributed by atoms with Crippen LogP contribution in [0.25, 0.3) is 0 Å². The first-order valence-electron chi connectivity index (χ1n) is 12.2. The molecule has 1 N–H and O–H groups in total. The minimum Gasteiger partial charge on any atom is -0.352 e. The van der Waals surface area contributed by atoms with Gasteiger partial charge in [0.15, 0.2) is 0 Å². The van der Waals surface area contributed by atoms with Crippen molar-refractivity contribution < 1.29 is 22.4 Å². The van der Waals surface area contributed by atoms with Crippen LogP contribution in [-0.2, 0) is 26.2 Å². The maximum Gasteiger partial charge on any atom is 0.264 e. The van der Waals surface area contributed by atoms with Crippen molar-refractivity contribution in [3.8, 4) is 0 Å². The van der Waals surface area contributed by atoms with Crippen LogP contribution in [-0.4, -0.2) is 43.8 Å². The van der Waals surface area contributed by atoms with Crippen LogP contribution in [0.1, 0.15) is 32.8 Å². The van der Waals surface area contributed by atoms with Gasteiger partial charge in [-0.15, -0.1) is 0 Å². The Morgan fingerprint density at radius 1 is 0.974 bits per heavy atom. The summed E-state index contributed by atoms with van der Waals surface area (Å²) < 4.78 is 42.2. The van der Waals surface area contributed by atoms with Crippen LogP contribution >= 0.6 is 11.6 Å². The lowest BCUT2D eigenvalue weighted by Crippen LogP contribution is -2.53. The molecule has 38 heavy (non-hydrogen) atoms. The normalized spacial score (nSPS) is 12.2. The number of benzene rings is 3. The van der Waals surface area contributed by atoms with Crippen LogP contribution in [0.3, 0.4) is 0 Å². The molecule has 0 spiro atoms. The van der Waals surface area contributed by atoms with Gasteiger partial charge >= 0.3 is 0 Å². The van der Waals surface area contributed by atoms with Gasteiger partial charge in [-0.2, -0.15) is 0 Å². The lowest BCUT2D eigenvalue weighted by molar-refractivity contribution is -0.140. The van der Waals surface area contributed by atoms with Crippen molar-refractivity contribution in [2.45, 2.75) is 50.7 Å². The molecule has 7 nitrogen and oxygen atoms in total. The predicted molar refractivity (Wildman–Crippen MR) is 147 cm³/mol. The minimum atomic E-state index is -4.25. The number of hydrogen-bond acceptors (Lipinski definition) is 4. The molecule has 0 saturated carbocycles. The number of anilines is 1. The van der Waals surface area contributed by atoms with Crippen molar-refractivity contribution in [1.82, 2.24) is 10.2 Å². The van der Waals surface area contributed by atoms with E-state index in [-0.39, 0.29) is 34.1 Å². The molecule has 0 radical (unpaired) electrons. The summed E-state index contributed by atoms with van der Waals surface area (Å²) in [6, 6.07) is 19.2. The predicted octanol–water partition coefficient (Wildman–Crippen LogP) is 5.01. The summed E-state index contributed by atoms with van der Waals surface area (Å²) in [6.07, 6.45) is 0.310. The molecule has 0 bridgehead atoms. The van der Waals surface area contributed by atoms with E-state index in [2.05, 4.69) is 5.32 Å². The highest BCUT2D eigenvalue weighted by Gasteiger charge is 2.34. The fourth-order valence-electron chi connectivity index (χ4n) is 3.97. The highest BCUT2D eigenvalue weighted by molar-refractivity contribution is 7.92. The molecule has 0 fully saturated rings. The summed E-state index contributed by atoms with van der Waals surface area (Å²) in [4.78, 5) is 28.3. The number of hydrogen-bond donors (Lipinski definition) is 1. The lowest BCUT2D eigenvalue weighted by atomic mass is 10.1. The largest absolute Gasteiger partial charge is 0.352 e. The molecular weight excluding hydrogens is 529 g/mol. The van der Waals surface area contributed by atoms with Crippen LogP contribution in [0, 0.1) is 5.82 Å². The van der Waals surface area contributed by atoms with Gasteiger partial charge in [-0.05, 0) is 56.2 Å². The minimum absolute atomic E-state index is 0.0212. The molecule has 3 aromatic rings. The first kappa shape index (κ1) is 29.1. The summed E-state index contributed by atoms with van der Waals surface area (Å²) in [5, 5.41) is 2.56. The van der Waals surface area contributed by atoms with Gasteiger partial charge in [0.1, 0.15) is 18.4 Å². The Morgan fingerprint density at radius 3 is 2.13 bits per heavy atom. The van der Waals surface area contributed by atoms with Crippen molar-refractivity contribution in [3.63, 3.8) is 0 Å². The zero-order valence-electron chi connectivity index (χ0n) is 21.5. The van der Waals surface area contributed by atoms with E-state index >= 15 is 0 Å². The fraction of sp³-hybridized carbons (Fsp3) is 0.286. The van der Waals surface area contributed by atoms with Gasteiger partial charge < -0.3 is 10.2 Å². The molecule has 202 valence electrons. The molecule has 2 amide bonds. The van der Waals surface area contributed by atoms with E-state index in [1.165, 1.54) is 23.1 Å². The van der Waals surface area contributed by atoms with Gasteiger partial charge in [-0.1, -0.05) is 67.1 Å². The van der Waals surface area contributed by atoms with Crippen LogP contribution in [0.5, 0.6) is 0 Å². The summed E-state index contributed by atoms with van der Waals surface area (Å²) >= 11 is 5.98. The Hall–Kier alpha value is -3.43. The Balaban J connectivity index is 2.06. The van der Waals surface area contributed by atoms with Crippen LogP contribution in [0.2, 0.25) is 5.02 Å². The van der Waals surface area contributed by atoms with Gasteiger partial charge in [0.25, 0.3) is 10.0 Å². The van der Waals surface area contributed by atoms with Crippen molar-refractivity contribution in [2.75, 3.05) is 10.8 Å². The molecule has 3 aromatic carbocycles. The number of nitrogens with zero attached hydrogens (tertiary/aromatic N) is 2. The van der Waals surface area contributed by atoms with Crippen molar-refractivity contribution in [3.05, 3.63) is 95.3 Å². The highest BCUT2D eigenvalue weighted by atomic mass is 35.5. The van der Waals surface area contributed by atoms with Crippen molar-refractivity contribution in [2.24, 2.45) is 0 Å². The molecule has 0 aromatic heterocycles. The van der Waals surface area contributed by atoms with E-state index in [0.29, 0.717) is 6.42 Å². The molecule has 0 aliphatic rings. The number of rotatable bonds is 11. The van der Waals surface area contributed by atoms with E-state index < -0.39 is 34.3 Å². The molecule has 0 aliphatic carbocycles. The molecule has 1 unspecified atom stereocenters. The number of carbonyl (C=O) groups is 2. The molecule has 0 aliphatic heterocycles. The number of halogens is 2. The third kappa shape index (κ3) is 7.11. The van der Waals surface area contributed by atoms with Crippen LogP contribution in [0.15, 0.2) is 83.8 Å². The van der Waals surface area contributed by atoms with Gasteiger partial charge in [0.2, 0.25) is 11.8 Å². The number of carbonyl (C=O) groups excluding carboxylic acids is 2. The summed E-state index contributed by atoms with van der Waals surface area (Å²) in [6.45, 7) is 4.89. The second-order valence-electron chi connectivity index (χ2n) is 9.02. The van der Waals surface area contributed by atoms with E-state index in [4.69, 9.17) is 11.6 Å². The zero-order valence-corrected chi connectivity index (χ0v) is 23.0. The molecule has 0 heterocycles. The van der Waals surface area contributed by atoms with Crippen LogP contribution < -0.4 is 9.62 Å². The van der Waals surface area contributed by atoms with Gasteiger partial charge in [0, 0.05) is 12.6 Å². The van der Waals surface area contributed by atoms with Gasteiger partial charge in [-0.25, -0.2) is 12.8 Å². The highest BCUT2D eigenvalue weighted by Crippen LogP contribution is 2.28. The van der Waals surface area contributed by atoms with Crippen molar-refractivity contribution >= 4 is 39.1 Å². The van der Waals surface area contributed by atoms with Gasteiger partial charge in [-0.3, -0.25) is 13.9 Å². The Labute approximate surface area is 228 Å². The van der Waals surface area contributed by atoms with E-state index in [1.807, 2.05) is 44.2 Å². The summed E-state index contributed by atoms with van der Waals surface area (Å²) in [5.74, 6) is -1.66. The smallest absolute Gasteiger partial charge is 0.264 e. The fourth-order valence-corrected chi connectivity index (χ4v) is 5.57. The molecule has 1 atom stereocenters. The lowest BCUT2D eigenvalue weighted by Gasteiger charge is -2.33. The quantitative estimate of drug-likeness (QED) is 0.358. The second kappa shape index (κ2) is 12.9. The summed E-state index contributed by atoms with van der Waals surface area (Å²) in [5.41, 5.74) is 0.798. The number of amides is 2. The van der Waals surface area contributed by atoms with Crippen molar-refractivity contribution in [1.29, 1.82) is 0 Å². The monoisotopic (exact) mass is 559 g/mol. The zero-order chi connectivity index (χ0) is 27.9. The maximum atomic E-state index is 13.9. The van der Waals surface area contributed by atoms with E-state index in [1.54, 1.807) is 25.1 Å². The van der Waals surface area contributed by atoms with E-state index in [0.717, 1.165) is 22.0 Å². The molecule has 3 rings (SSSR count). The first-order chi connectivity index (χ1) is 18.0. The van der Waals surface area contributed by atoms with E-state index in [9.17, 15) is 22.4 Å². The average Bonchev–Trinajstić information content (AvgIpc) is 2.89. The number of nitrogens with one attached hydrogen (secondary N) is 1. The Bertz CT molecular complexity index is 1360. The average molecular weight is 560 g/mol. The Kier molecular flexibility index (Phi) is 9.88. The standard InChI is InChI=1S/C28H31ClFN3O4S/c1-4-26(28(35)31-20(2)3)32(18-21-11-7-5-8-12-21)27(34)19-33(22-15-16-25(30)24(29)17-22)38(36,37)23-13-9-6-10-14-23/h5-17,20,26H,4,18-19H2,1-3H3,(H,31,35). The summed E-state index contributed by atoms with van der Waals surface area (Å²) in [7, 11) is -4.25. The SMILES string of the molecule is CCC(C(=O)NC(C)C)N(Cc1ccccc1)C(=O)CN(c1ccc(F)c(Cl)c1)S(=O)(=O)c1ccccc1. The molecule has 0 saturated heterocycles. The second-order valence-corrected chi connectivity index (χ2v) is 11.3. The maximum absolute atomic E-state index is 13.9. The first-order valence-corrected chi connectivity index (χ1v) is 14.0. The molecule has 10 heteroatoms. The van der Waals surface area contributed by atoms with Crippen LogP contribution in [0.4, 0.5) is 10.1 Å². The molecular formula is C28H31ClFN3O4S. The Morgan fingerprint density at radius 2 is 1.58 bits per heavy atom. The van der Waals surface area contributed by atoms with Gasteiger partial charge in [0.05, 0.1) is 15.6 Å². The third-order valence-electron chi connectivity index (χ3n) is 5.81. The third-order valence-corrected chi connectivity index (χ3v) is 7.89. The number of sulfonamides is 1. The topological polar surface area (TPSA) is 86.8 Å².